The predicted octanol–water partition coefficient (Wildman–Crippen LogP) is 2.98. The molecule has 0 saturated heterocycles. The number of halogens is 1. The highest BCUT2D eigenvalue weighted by atomic mass is 79.9. The van der Waals surface area contributed by atoms with E-state index in [4.69, 9.17) is 4.74 Å². The van der Waals surface area contributed by atoms with E-state index in [1.165, 1.54) is 9.35 Å². The highest BCUT2D eigenvalue weighted by Gasteiger charge is 1.96. The summed E-state index contributed by atoms with van der Waals surface area (Å²) in [6.07, 6.45) is 0. The van der Waals surface area contributed by atoms with E-state index < -0.39 is 0 Å². The maximum atomic E-state index is 4.98. The Morgan fingerprint density at radius 2 is 2.40 bits per heavy atom. The quantitative estimate of drug-likeness (QED) is 0.746. The van der Waals surface area contributed by atoms with Crippen LogP contribution in [0.2, 0.25) is 0 Å². The first-order valence-electron chi connectivity index (χ1n) is 4.83. The average molecular weight is 310 g/mol. The zero-order chi connectivity index (χ0) is 10.9. The first-order chi connectivity index (χ1) is 7.33. The van der Waals surface area contributed by atoms with Crippen molar-refractivity contribution in [2.45, 2.75) is 6.54 Å². The molecule has 0 amide bonds. The van der Waals surface area contributed by atoms with Crippen LogP contribution in [0, 0.1) is 0 Å². The van der Waals surface area contributed by atoms with Gasteiger partial charge in [-0.3, -0.25) is 0 Å². The third-order valence-corrected chi connectivity index (χ3v) is 4.42. The average Bonchev–Trinajstić information content (AvgIpc) is 2.63. The standard InChI is InChI=1S/C10H16BrNOS2/c1-13-3-5-14-4-2-12-7-10-6-9(11)8-15-10/h6,8,12H,2-5,7H2,1H3. The fourth-order valence-corrected chi connectivity index (χ4v) is 3.24. The Morgan fingerprint density at radius 3 is 3.07 bits per heavy atom. The molecule has 0 bridgehead atoms. The van der Waals surface area contributed by atoms with Gasteiger partial charge in [0.25, 0.3) is 0 Å². The molecule has 0 spiro atoms. The van der Waals surface area contributed by atoms with Crippen molar-refractivity contribution in [1.29, 1.82) is 0 Å². The molecule has 0 radical (unpaired) electrons. The Morgan fingerprint density at radius 1 is 1.53 bits per heavy atom. The minimum absolute atomic E-state index is 0.850. The van der Waals surface area contributed by atoms with Crippen molar-refractivity contribution in [2.24, 2.45) is 0 Å². The maximum Gasteiger partial charge on any atom is 0.0552 e. The number of methoxy groups -OCH3 is 1. The fraction of sp³-hybridized carbons (Fsp3) is 0.600. The molecule has 0 aromatic carbocycles. The summed E-state index contributed by atoms with van der Waals surface area (Å²) in [5.41, 5.74) is 0. The lowest BCUT2D eigenvalue weighted by molar-refractivity contribution is 0.218. The smallest absolute Gasteiger partial charge is 0.0552 e. The lowest BCUT2D eigenvalue weighted by atomic mass is 10.4. The molecule has 0 aliphatic rings. The van der Waals surface area contributed by atoms with Crippen LogP contribution in [0.3, 0.4) is 0 Å². The van der Waals surface area contributed by atoms with Gasteiger partial charge in [-0.25, -0.2) is 0 Å². The Bertz CT molecular complexity index is 268. The summed E-state index contributed by atoms with van der Waals surface area (Å²) in [5.74, 6) is 2.23. The van der Waals surface area contributed by atoms with Crippen molar-refractivity contribution in [3.63, 3.8) is 0 Å². The topological polar surface area (TPSA) is 21.3 Å². The molecule has 0 atom stereocenters. The molecule has 1 heterocycles. The number of rotatable bonds is 8. The van der Waals surface area contributed by atoms with E-state index in [1.807, 2.05) is 11.8 Å². The first kappa shape index (κ1) is 13.5. The Kier molecular flexibility index (Phi) is 7.73. The summed E-state index contributed by atoms with van der Waals surface area (Å²) in [5, 5.41) is 5.54. The molecule has 2 nitrogen and oxygen atoms in total. The van der Waals surface area contributed by atoms with Crippen LogP contribution in [0.15, 0.2) is 15.9 Å². The zero-order valence-electron chi connectivity index (χ0n) is 8.79. The number of hydrogen-bond acceptors (Lipinski definition) is 4. The summed E-state index contributed by atoms with van der Waals surface area (Å²) < 4.78 is 6.16. The van der Waals surface area contributed by atoms with Gasteiger partial charge in [0.2, 0.25) is 0 Å². The Balaban J connectivity index is 1.93. The number of nitrogens with one attached hydrogen (secondary N) is 1. The van der Waals surface area contributed by atoms with Crippen LogP contribution < -0.4 is 5.32 Å². The maximum absolute atomic E-state index is 4.98. The molecule has 0 unspecified atom stereocenters. The lowest BCUT2D eigenvalue weighted by Gasteiger charge is -2.02. The van der Waals surface area contributed by atoms with Gasteiger partial charge in [-0.05, 0) is 22.0 Å². The number of thioether (sulfide) groups is 1. The summed E-state index contributed by atoms with van der Waals surface area (Å²) in [7, 11) is 1.74. The van der Waals surface area contributed by atoms with Gasteiger partial charge in [-0.1, -0.05) is 0 Å². The van der Waals surface area contributed by atoms with Crippen LogP contribution in [0.25, 0.3) is 0 Å². The highest BCUT2D eigenvalue weighted by Crippen LogP contribution is 2.19. The molecule has 0 aliphatic carbocycles. The van der Waals surface area contributed by atoms with Crippen LogP contribution in [-0.2, 0) is 11.3 Å². The van der Waals surface area contributed by atoms with Crippen LogP contribution in [0.4, 0.5) is 0 Å². The second-order valence-corrected chi connectivity index (χ2v) is 6.15. The highest BCUT2D eigenvalue weighted by molar-refractivity contribution is 9.10. The largest absolute Gasteiger partial charge is 0.384 e. The second kappa shape index (κ2) is 8.58. The molecule has 0 saturated carbocycles. The molecule has 0 fully saturated rings. The second-order valence-electron chi connectivity index (χ2n) is 3.01. The Hall–Kier alpha value is 0.450. The molecule has 1 N–H and O–H groups in total. The van der Waals surface area contributed by atoms with Gasteiger partial charge in [0.1, 0.15) is 0 Å². The summed E-state index contributed by atoms with van der Waals surface area (Å²) in [4.78, 5) is 1.38. The molecule has 0 aliphatic heterocycles. The SMILES string of the molecule is COCCSCCNCc1cc(Br)cs1. The normalized spacial score (nSPS) is 10.8. The van der Waals surface area contributed by atoms with Gasteiger partial charge in [-0.15, -0.1) is 11.3 Å². The molecule has 1 aromatic rings. The number of hydrogen-bond donors (Lipinski definition) is 1. The van der Waals surface area contributed by atoms with Gasteiger partial charge < -0.3 is 10.1 Å². The van der Waals surface area contributed by atoms with Crippen LogP contribution in [-0.4, -0.2) is 31.8 Å². The lowest BCUT2D eigenvalue weighted by Crippen LogP contribution is -2.16. The fourth-order valence-electron chi connectivity index (χ4n) is 1.05. The third kappa shape index (κ3) is 6.58. The van der Waals surface area contributed by atoms with Crippen molar-refractivity contribution in [3.05, 3.63) is 20.8 Å². The molecular formula is C10H16BrNOS2. The number of thiophene rings is 1. The van der Waals surface area contributed by atoms with Gasteiger partial charge in [-0.2, -0.15) is 11.8 Å². The van der Waals surface area contributed by atoms with Crippen molar-refractivity contribution in [2.75, 3.05) is 31.8 Å². The van der Waals surface area contributed by atoms with Crippen molar-refractivity contribution in [3.8, 4) is 0 Å². The molecule has 1 rings (SSSR count). The Labute approximate surface area is 108 Å². The van der Waals surface area contributed by atoms with Gasteiger partial charge in [0.15, 0.2) is 0 Å². The van der Waals surface area contributed by atoms with E-state index >= 15 is 0 Å². The molecular weight excluding hydrogens is 294 g/mol. The predicted molar refractivity (Wildman–Crippen MR) is 72.9 cm³/mol. The molecule has 5 heteroatoms. The van der Waals surface area contributed by atoms with Crippen LogP contribution in [0.1, 0.15) is 4.88 Å². The van der Waals surface area contributed by atoms with E-state index in [0.717, 1.165) is 31.2 Å². The summed E-state index contributed by atoms with van der Waals surface area (Å²) in [6.45, 7) is 2.88. The minimum atomic E-state index is 0.850. The molecule has 86 valence electrons. The van der Waals surface area contributed by atoms with Crippen LogP contribution in [0.5, 0.6) is 0 Å². The van der Waals surface area contributed by atoms with E-state index in [2.05, 4.69) is 32.7 Å². The zero-order valence-corrected chi connectivity index (χ0v) is 12.0. The third-order valence-electron chi connectivity index (χ3n) is 1.78. The van der Waals surface area contributed by atoms with E-state index in [-0.39, 0.29) is 0 Å². The van der Waals surface area contributed by atoms with Gasteiger partial charge >= 0.3 is 0 Å². The summed E-state index contributed by atoms with van der Waals surface area (Å²) in [6, 6.07) is 2.16. The van der Waals surface area contributed by atoms with Gasteiger partial charge in [0.05, 0.1) is 6.61 Å². The van der Waals surface area contributed by atoms with E-state index in [9.17, 15) is 0 Å². The van der Waals surface area contributed by atoms with Crippen LogP contribution >= 0.6 is 39.0 Å². The van der Waals surface area contributed by atoms with Crippen molar-refractivity contribution in [1.82, 2.24) is 5.32 Å². The van der Waals surface area contributed by atoms with Crippen molar-refractivity contribution >= 4 is 39.0 Å². The van der Waals surface area contributed by atoms with E-state index in [0.29, 0.717) is 0 Å². The van der Waals surface area contributed by atoms with Crippen molar-refractivity contribution < 1.29 is 4.74 Å². The first-order valence-corrected chi connectivity index (χ1v) is 7.66. The number of ether oxygens (including phenoxy) is 1. The van der Waals surface area contributed by atoms with E-state index in [1.54, 1.807) is 18.4 Å². The minimum Gasteiger partial charge on any atom is -0.384 e. The van der Waals surface area contributed by atoms with Gasteiger partial charge in [0, 0.05) is 46.4 Å². The molecule has 15 heavy (non-hydrogen) atoms. The summed E-state index contributed by atoms with van der Waals surface area (Å²) >= 11 is 7.16. The monoisotopic (exact) mass is 309 g/mol. The molecule has 1 aromatic heterocycles.